The molecular weight excluding hydrogens is 342 g/mol. The number of hydrogen-bond donors (Lipinski definition) is 0. The topological polar surface area (TPSA) is 27.7 Å². The van der Waals surface area contributed by atoms with Gasteiger partial charge in [-0.1, -0.05) is 25.3 Å². The number of benzene rings is 1. The first-order valence-corrected chi connectivity index (χ1v) is 10.8. The molecular formula is C19H32F2O3Si. The maximum Gasteiger partial charge on any atom is 0.262 e. The van der Waals surface area contributed by atoms with E-state index in [0.29, 0.717) is 12.0 Å². The fraction of sp³-hybridized carbons (Fsp3) is 0.684. The van der Waals surface area contributed by atoms with Crippen molar-refractivity contribution >= 4 is 9.76 Å². The van der Waals surface area contributed by atoms with Gasteiger partial charge in [-0.15, -0.1) is 0 Å². The highest BCUT2D eigenvalue weighted by Crippen LogP contribution is 2.14. The van der Waals surface area contributed by atoms with Crippen molar-refractivity contribution in [3.8, 4) is 0 Å². The highest BCUT2D eigenvalue weighted by molar-refractivity contribution is 6.27. The summed E-state index contributed by atoms with van der Waals surface area (Å²) >= 11 is 0. The number of aryl methyl sites for hydroxylation is 1. The first-order valence-electron chi connectivity index (χ1n) is 9.25. The van der Waals surface area contributed by atoms with E-state index in [2.05, 4.69) is 0 Å². The Morgan fingerprint density at radius 3 is 2.16 bits per heavy atom. The predicted octanol–water partition coefficient (Wildman–Crippen LogP) is 4.72. The summed E-state index contributed by atoms with van der Waals surface area (Å²) in [6.45, 7) is 7.31. The molecule has 0 aliphatic carbocycles. The van der Waals surface area contributed by atoms with Crippen LogP contribution in [-0.2, 0) is 20.3 Å². The first kappa shape index (κ1) is 22.2. The third kappa shape index (κ3) is 10.7. The van der Waals surface area contributed by atoms with E-state index < -0.39 is 27.9 Å². The summed E-state index contributed by atoms with van der Waals surface area (Å²) in [6.07, 6.45) is 4.97. The monoisotopic (exact) mass is 374 g/mol. The molecule has 144 valence electrons. The van der Waals surface area contributed by atoms with E-state index in [9.17, 15) is 8.78 Å². The van der Waals surface area contributed by atoms with Crippen LogP contribution in [0, 0.1) is 11.6 Å². The van der Waals surface area contributed by atoms with E-state index in [1.165, 1.54) is 12.1 Å². The van der Waals surface area contributed by atoms with Gasteiger partial charge in [0, 0.05) is 6.07 Å². The van der Waals surface area contributed by atoms with Crippen LogP contribution in [0.4, 0.5) is 8.78 Å². The lowest BCUT2D eigenvalue weighted by Crippen LogP contribution is -2.28. The highest BCUT2D eigenvalue weighted by Gasteiger charge is 2.13. The summed E-state index contributed by atoms with van der Waals surface area (Å²) in [7, 11) is -0.670. The van der Waals surface area contributed by atoms with Gasteiger partial charge in [0.1, 0.15) is 11.6 Å². The SMILES string of the molecule is CC(C)OC(O[SiH2]CCCCCCc1ccc(F)cc1F)OC(C)C. The number of hydrogen-bond acceptors (Lipinski definition) is 3. The molecule has 3 nitrogen and oxygen atoms in total. The van der Waals surface area contributed by atoms with Crippen molar-refractivity contribution in [3.63, 3.8) is 0 Å². The molecule has 0 bridgehead atoms. The van der Waals surface area contributed by atoms with E-state index in [4.69, 9.17) is 13.9 Å². The van der Waals surface area contributed by atoms with Gasteiger partial charge in [-0.2, -0.15) is 0 Å². The van der Waals surface area contributed by atoms with E-state index >= 15 is 0 Å². The summed E-state index contributed by atoms with van der Waals surface area (Å²) in [5, 5.41) is 0. The molecule has 0 heterocycles. The smallest absolute Gasteiger partial charge is 0.262 e. The van der Waals surface area contributed by atoms with Crippen LogP contribution in [0.15, 0.2) is 18.2 Å². The van der Waals surface area contributed by atoms with Gasteiger partial charge in [-0.05, 0) is 58.2 Å². The summed E-state index contributed by atoms with van der Waals surface area (Å²) in [5.41, 5.74) is 0.596. The molecule has 6 heteroatoms. The van der Waals surface area contributed by atoms with Crippen LogP contribution in [0.1, 0.15) is 58.9 Å². The third-order valence-corrected chi connectivity index (χ3v) is 4.92. The largest absolute Gasteiger partial charge is 0.379 e. The van der Waals surface area contributed by atoms with Crippen molar-refractivity contribution in [2.45, 2.75) is 84.5 Å². The van der Waals surface area contributed by atoms with Crippen molar-refractivity contribution in [2.75, 3.05) is 0 Å². The lowest BCUT2D eigenvalue weighted by atomic mass is 10.1. The number of halogens is 2. The molecule has 0 amide bonds. The second kappa shape index (κ2) is 12.5. The Hall–Kier alpha value is -0.823. The van der Waals surface area contributed by atoms with Gasteiger partial charge in [0.05, 0.1) is 12.2 Å². The van der Waals surface area contributed by atoms with Gasteiger partial charge in [0.25, 0.3) is 6.48 Å². The van der Waals surface area contributed by atoms with Crippen molar-refractivity contribution < 1.29 is 22.7 Å². The number of unbranched alkanes of at least 4 members (excludes halogenated alkanes) is 3. The van der Waals surface area contributed by atoms with Crippen LogP contribution in [0.2, 0.25) is 6.04 Å². The van der Waals surface area contributed by atoms with Gasteiger partial charge in [-0.25, -0.2) is 8.78 Å². The molecule has 0 saturated carbocycles. The fourth-order valence-electron chi connectivity index (χ4n) is 2.41. The molecule has 1 aromatic carbocycles. The lowest BCUT2D eigenvalue weighted by molar-refractivity contribution is -0.275. The van der Waals surface area contributed by atoms with Crippen LogP contribution in [0.5, 0.6) is 0 Å². The van der Waals surface area contributed by atoms with Gasteiger partial charge in [-0.3, -0.25) is 0 Å². The van der Waals surface area contributed by atoms with Crippen LogP contribution in [0.25, 0.3) is 0 Å². The molecule has 0 aromatic heterocycles. The lowest BCUT2D eigenvalue weighted by Gasteiger charge is -2.23. The summed E-state index contributed by atoms with van der Waals surface area (Å²) in [6, 6.07) is 4.88. The Kier molecular flexibility index (Phi) is 11.1. The zero-order valence-corrected chi connectivity index (χ0v) is 17.3. The van der Waals surface area contributed by atoms with Gasteiger partial charge >= 0.3 is 0 Å². The van der Waals surface area contributed by atoms with Crippen LogP contribution in [-0.4, -0.2) is 28.4 Å². The molecule has 0 unspecified atom stereocenters. The van der Waals surface area contributed by atoms with E-state index in [1.54, 1.807) is 0 Å². The minimum atomic E-state index is -0.670. The molecule has 1 rings (SSSR count). The van der Waals surface area contributed by atoms with Crippen molar-refractivity contribution in [1.82, 2.24) is 0 Å². The van der Waals surface area contributed by atoms with E-state index in [-0.39, 0.29) is 12.2 Å². The average Bonchev–Trinajstić information content (AvgIpc) is 2.50. The number of ether oxygens (including phenoxy) is 2. The molecule has 0 aliphatic rings. The summed E-state index contributed by atoms with van der Waals surface area (Å²) in [4.78, 5) is 0. The van der Waals surface area contributed by atoms with E-state index in [0.717, 1.165) is 37.8 Å². The molecule has 0 N–H and O–H groups in total. The molecule has 0 fully saturated rings. The molecule has 0 spiro atoms. The Bertz CT molecular complexity index is 474. The Morgan fingerprint density at radius 2 is 1.56 bits per heavy atom. The van der Waals surface area contributed by atoms with Gasteiger partial charge in [0.15, 0.2) is 9.76 Å². The van der Waals surface area contributed by atoms with Crippen molar-refractivity contribution in [1.29, 1.82) is 0 Å². The van der Waals surface area contributed by atoms with Crippen molar-refractivity contribution in [3.05, 3.63) is 35.4 Å². The standard InChI is InChI=1S/C19H32F2O3Si/c1-14(2)22-19(23-15(3)4)24-25-12-8-6-5-7-9-16-10-11-17(20)13-18(16)21/h10-11,13-15,19H,5-9,12,25H2,1-4H3. The first-order chi connectivity index (χ1) is 11.9. The zero-order chi connectivity index (χ0) is 18.7. The zero-order valence-electron chi connectivity index (χ0n) is 15.9. The maximum absolute atomic E-state index is 13.5. The van der Waals surface area contributed by atoms with Gasteiger partial charge < -0.3 is 13.9 Å². The minimum absolute atomic E-state index is 0.0737. The Morgan fingerprint density at radius 1 is 0.920 bits per heavy atom. The predicted molar refractivity (Wildman–Crippen MR) is 99.2 cm³/mol. The van der Waals surface area contributed by atoms with Crippen molar-refractivity contribution in [2.24, 2.45) is 0 Å². The maximum atomic E-state index is 13.5. The van der Waals surface area contributed by atoms with Crippen LogP contribution < -0.4 is 0 Å². The van der Waals surface area contributed by atoms with E-state index in [1.807, 2.05) is 27.7 Å². The second-order valence-electron chi connectivity index (χ2n) is 6.78. The highest BCUT2D eigenvalue weighted by atomic mass is 28.2. The quantitative estimate of drug-likeness (QED) is 0.284. The molecule has 25 heavy (non-hydrogen) atoms. The number of rotatable bonds is 13. The molecule has 0 saturated heterocycles. The fourth-order valence-corrected chi connectivity index (χ4v) is 3.48. The molecule has 0 aliphatic heterocycles. The Balaban J connectivity index is 2.09. The molecule has 0 atom stereocenters. The van der Waals surface area contributed by atoms with Gasteiger partial charge in [0.2, 0.25) is 0 Å². The molecule has 0 radical (unpaired) electrons. The third-order valence-electron chi connectivity index (χ3n) is 3.63. The average molecular weight is 375 g/mol. The van der Waals surface area contributed by atoms with Crippen LogP contribution >= 0.6 is 0 Å². The second-order valence-corrected chi connectivity index (χ2v) is 8.23. The van der Waals surface area contributed by atoms with Crippen LogP contribution in [0.3, 0.4) is 0 Å². The normalized spacial score (nSPS) is 12.4. The Labute approximate surface area is 153 Å². The molecule has 1 aromatic rings. The summed E-state index contributed by atoms with van der Waals surface area (Å²) < 4.78 is 43.3. The minimum Gasteiger partial charge on any atom is -0.379 e. The summed E-state index contributed by atoms with van der Waals surface area (Å²) in [5.74, 6) is -0.963.